The molecule has 1 unspecified atom stereocenters. The first-order valence-corrected chi connectivity index (χ1v) is 12.2. The zero-order chi connectivity index (χ0) is 29.2. The number of alkyl halides is 3. The molecule has 208 valence electrons. The Hall–Kier alpha value is -4.51. The Morgan fingerprint density at radius 3 is 2.15 bits per heavy atom. The van der Waals surface area contributed by atoms with E-state index in [0.717, 1.165) is 0 Å². The van der Waals surface area contributed by atoms with Crippen LogP contribution in [0.3, 0.4) is 0 Å². The Balaban J connectivity index is 0.000000470. The molecule has 0 radical (unpaired) electrons. The number of hydrogen-bond donors (Lipinski definition) is 3. The highest BCUT2D eigenvalue weighted by Crippen LogP contribution is 2.34. The molecule has 0 bridgehead atoms. The number of fused-ring (bicyclic) bond motifs is 2. The summed E-state index contributed by atoms with van der Waals surface area (Å²) in [4.78, 5) is 35.5. The lowest BCUT2D eigenvalue weighted by molar-refractivity contribution is -0.192. The number of hydrogen-bond acceptors (Lipinski definition) is 6. The van der Waals surface area contributed by atoms with Gasteiger partial charge in [0.1, 0.15) is 5.58 Å². The molecule has 0 spiro atoms. The van der Waals surface area contributed by atoms with Crippen LogP contribution in [0, 0.1) is 0 Å². The van der Waals surface area contributed by atoms with E-state index in [1.165, 1.54) is 23.3 Å². The number of carboxylic acids is 2. The topological polar surface area (TPSA) is 120 Å². The molecule has 0 aliphatic carbocycles. The minimum absolute atomic E-state index is 0.160. The zero-order valence-electron chi connectivity index (χ0n) is 20.8. The smallest absolute Gasteiger partial charge is 0.478 e. The minimum atomic E-state index is -5.08. The van der Waals surface area contributed by atoms with Gasteiger partial charge >= 0.3 is 18.1 Å². The Kier molecular flexibility index (Phi) is 8.06. The van der Waals surface area contributed by atoms with Gasteiger partial charge in [0.05, 0.1) is 17.0 Å². The van der Waals surface area contributed by atoms with E-state index in [4.69, 9.17) is 25.9 Å². The predicted molar refractivity (Wildman–Crippen MR) is 143 cm³/mol. The largest absolute Gasteiger partial charge is 0.490 e. The lowest BCUT2D eigenvalue weighted by Crippen LogP contribution is -2.21. The molecule has 2 heterocycles. The van der Waals surface area contributed by atoms with Gasteiger partial charge < -0.3 is 24.8 Å². The van der Waals surface area contributed by atoms with E-state index in [9.17, 15) is 27.9 Å². The molecular formula is C28H22ClF3N2O6. The van der Waals surface area contributed by atoms with Gasteiger partial charge in [-0.3, -0.25) is 4.79 Å². The number of carboxylic acid groups (broad SMARTS) is 2. The molecule has 5 rings (SSSR count). The number of para-hydroxylation sites is 1. The highest BCUT2D eigenvalue weighted by molar-refractivity contribution is 6.31. The fourth-order valence-corrected chi connectivity index (χ4v) is 4.54. The first kappa shape index (κ1) is 28.5. The van der Waals surface area contributed by atoms with Crippen LogP contribution in [-0.4, -0.2) is 28.3 Å². The van der Waals surface area contributed by atoms with Gasteiger partial charge in [-0.2, -0.15) is 13.2 Å². The van der Waals surface area contributed by atoms with Crippen LogP contribution in [0.1, 0.15) is 40.0 Å². The Morgan fingerprint density at radius 2 is 1.57 bits per heavy atom. The van der Waals surface area contributed by atoms with Crippen LogP contribution in [0.5, 0.6) is 0 Å². The maximum atomic E-state index is 13.0. The average Bonchev–Trinajstić information content (AvgIpc) is 3.33. The maximum absolute atomic E-state index is 13.0. The van der Waals surface area contributed by atoms with Crippen LogP contribution < -0.4 is 15.6 Å². The summed E-state index contributed by atoms with van der Waals surface area (Å²) in [7, 11) is 0. The van der Waals surface area contributed by atoms with Crippen molar-refractivity contribution in [1.82, 2.24) is 0 Å². The summed E-state index contributed by atoms with van der Waals surface area (Å²) < 4.78 is 38.0. The second kappa shape index (κ2) is 11.3. The van der Waals surface area contributed by atoms with Crippen molar-refractivity contribution in [3.63, 3.8) is 0 Å². The molecule has 0 fully saturated rings. The van der Waals surface area contributed by atoms with E-state index in [2.05, 4.69) is 17.4 Å². The number of nitrogens with zero attached hydrogens (tertiary/aromatic N) is 1. The molecule has 1 aromatic heterocycles. The number of halogens is 4. The Morgan fingerprint density at radius 1 is 1.00 bits per heavy atom. The lowest BCUT2D eigenvalue weighted by Gasteiger charge is -2.21. The number of rotatable bonds is 5. The van der Waals surface area contributed by atoms with Crippen molar-refractivity contribution >= 4 is 46.1 Å². The summed E-state index contributed by atoms with van der Waals surface area (Å²) in [5.74, 6) is -3.29. The average molecular weight is 575 g/mol. The minimum Gasteiger partial charge on any atom is -0.478 e. The molecular weight excluding hydrogens is 553 g/mol. The third kappa shape index (κ3) is 6.20. The first-order valence-electron chi connectivity index (χ1n) is 11.8. The number of anilines is 2. The van der Waals surface area contributed by atoms with E-state index in [0.29, 0.717) is 46.2 Å². The van der Waals surface area contributed by atoms with Crippen LogP contribution >= 0.6 is 11.6 Å². The van der Waals surface area contributed by atoms with Gasteiger partial charge in [-0.05, 0) is 42.3 Å². The van der Waals surface area contributed by atoms with Crippen LogP contribution in [0.4, 0.5) is 24.7 Å². The molecule has 0 saturated carbocycles. The molecule has 3 N–H and O–H groups in total. The second-order valence-corrected chi connectivity index (χ2v) is 9.40. The van der Waals surface area contributed by atoms with Crippen molar-refractivity contribution in [3.8, 4) is 0 Å². The molecule has 40 heavy (non-hydrogen) atoms. The molecule has 1 atom stereocenters. The summed E-state index contributed by atoms with van der Waals surface area (Å²) in [5, 5.41) is 20.7. The normalized spacial score (nSPS) is 13.3. The van der Waals surface area contributed by atoms with Gasteiger partial charge in [-0.25, -0.2) is 9.59 Å². The van der Waals surface area contributed by atoms with Crippen LogP contribution in [-0.2, 0) is 17.9 Å². The first-order chi connectivity index (χ1) is 18.8. The van der Waals surface area contributed by atoms with E-state index < -0.39 is 18.1 Å². The summed E-state index contributed by atoms with van der Waals surface area (Å²) in [6.45, 7) is 3.20. The Bertz CT molecular complexity index is 1630. The number of aromatic carboxylic acids is 1. The van der Waals surface area contributed by atoms with Crippen molar-refractivity contribution in [3.05, 3.63) is 104 Å². The molecule has 8 nitrogen and oxygen atoms in total. The van der Waals surface area contributed by atoms with Crippen molar-refractivity contribution in [1.29, 1.82) is 0 Å². The van der Waals surface area contributed by atoms with Crippen molar-refractivity contribution in [2.75, 3.05) is 10.2 Å². The SMILES string of the molecule is CC(Nc1ccccc1C(=O)O)c1cc(Cl)cc2c(=O)cc(N3Cc4ccccc4C3)oc12.O=C(O)C(F)(F)F. The highest BCUT2D eigenvalue weighted by Gasteiger charge is 2.38. The van der Waals surface area contributed by atoms with Gasteiger partial charge in [0.25, 0.3) is 0 Å². The van der Waals surface area contributed by atoms with Gasteiger partial charge in [-0.1, -0.05) is 48.0 Å². The summed E-state index contributed by atoms with van der Waals surface area (Å²) in [6.07, 6.45) is -5.08. The number of nitrogens with one attached hydrogen (secondary N) is 1. The molecule has 1 aliphatic rings. The van der Waals surface area contributed by atoms with E-state index >= 15 is 0 Å². The molecule has 12 heteroatoms. The monoisotopic (exact) mass is 574 g/mol. The van der Waals surface area contributed by atoms with Crippen LogP contribution in [0.15, 0.2) is 75.9 Å². The number of aliphatic carboxylic acids is 1. The van der Waals surface area contributed by atoms with Gasteiger partial charge in [0, 0.05) is 35.4 Å². The maximum Gasteiger partial charge on any atom is 0.490 e. The van der Waals surface area contributed by atoms with E-state index in [1.807, 2.05) is 24.0 Å². The quantitative estimate of drug-likeness (QED) is 0.248. The fraction of sp³-hybridized carbons (Fsp3) is 0.179. The third-order valence-electron chi connectivity index (χ3n) is 6.20. The van der Waals surface area contributed by atoms with Gasteiger partial charge in [0.15, 0.2) is 5.43 Å². The van der Waals surface area contributed by atoms with Crippen molar-refractivity contribution in [2.45, 2.75) is 32.2 Å². The predicted octanol–water partition coefficient (Wildman–Crippen LogP) is 6.47. The number of benzene rings is 3. The molecule has 0 saturated heterocycles. The number of carbonyl (C=O) groups is 2. The second-order valence-electron chi connectivity index (χ2n) is 8.97. The molecule has 3 aromatic carbocycles. The van der Waals surface area contributed by atoms with Crippen LogP contribution in [0.2, 0.25) is 5.02 Å². The molecule has 4 aromatic rings. The van der Waals surface area contributed by atoms with E-state index in [-0.39, 0.29) is 17.0 Å². The molecule has 0 amide bonds. The van der Waals surface area contributed by atoms with Crippen molar-refractivity contribution < 1.29 is 37.4 Å². The zero-order valence-corrected chi connectivity index (χ0v) is 21.6. The van der Waals surface area contributed by atoms with Gasteiger partial charge in [0.2, 0.25) is 5.88 Å². The van der Waals surface area contributed by atoms with E-state index in [1.54, 1.807) is 30.3 Å². The highest BCUT2D eigenvalue weighted by atomic mass is 35.5. The third-order valence-corrected chi connectivity index (χ3v) is 6.42. The Labute approximate surface area is 230 Å². The van der Waals surface area contributed by atoms with Gasteiger partial charge in [-0.15, -0.1) is 0 Å². The standard InChI is InChI=1S/C26H21ClN2O4.C2HF3O2/c1-15(28-22-9-5-4-8-19(22)26(31)32)20-10-18(27)11-21-23(30)12-24(33-25(20)21)29-13-16-6-2-3-7-17(16)14-29;3-2(4,5)1(6)7/h2-12,15,28H,13-14H2,1H3,(H,31,32);(H,6,7). The lowest BCUT2D eigenvalue weighted by atomic mass is 10.0. The van der Waals surface area contributed by atoms with Crippen molar-refractivity contribution in [2.24, 2.45) is 0 Å². The fourth-order valence-electron chi connectivity index (χ4n) is 4.31. The summed E-state index contributed by atoms with van der Waals surface area (Å²) in [5.41, 5.74) is 3.98. The summed E-state index contributed by atoms with van der Waals surface area (Å²) in [6, 6.07) is 19.3. The molecule has 1 aliphatic heterocycles. The van der Waals surface area contributed by atoms with Crippen LogP contribution in [0.25, 0.3) is 11.0 Å². The summed E-state index contributed by atoms with van der Waals surface area (Å²) >= 11 is 6.34.